The summed E-state index contributed by atoms with van der Waals surface area (Å²) in [5, 5.41) is 8.88. The van der Waals surface area contributed by atoms with Gasteiger partial charge in [0.15, 0.2) is 0 Å². The summed E-state index contributed by atoms with van der Waals surface area (Å²) in [7, 11) is 0. The highest BCUT2D eigenvalue weighted by Crippen LogP contribution is 2.30. The third kappa shape index (κ3) is 2.56. The fourth-order valence-corrected chi connectivity index (χ4v) is 1.90. The quantitative estimate of drug-likeness (QED) is 0.753. The average molecular weight is 198 g/mol. The van der Waals surface area contributed by atoms with Crippen molar-refractivity contribution >= 4 is 11.8 Å². The summed E-state index contributed by atoms with van der Waals surface area (Å²) < 4.78 is 0. The van der Waals surface area contributed by atoms with E-state index in [0.29, 0.717) is 0 Å². The van der Waals surface area contributed by atoms with Crippen LogP contribution in [0.1, 0.15) is 46.0 Å². The maximum absolute atomic E-state index is 11.7. The third-order valence-electron chi connectivity index (χ3n) is 3.01. The van der Waals surface area contributed by atoms with Gasteiger partial charge in [-0.3, -0.25) is 9.59 Å². The van der Waals surface area contributed by atoms with Gasteiger partial charge in [-0.1, -0.05) is 12.8 Å². The van der Waals surface area contributed by atoms with Gasteiger partial charge >= 0.3 is 5.97 Å². The molecule has 0 spiro atoms. The number of hydrogen-bond donors (Lipinski definition) is 1. The molecule has 0 atom stereocenters. The minimum atomic E-state index is -0.903. The summed E-state index contributed by atoms with van der Waals surface area (Å²) in [6, 6.07) is 0. The number of carboxylic acid groups (broad SMARTS) is 1. The van der Waals surface area contributed by atoms with Gasteiger partial charge in [-0.15, -0.1) is 0 Å². The number of carboxylic acids is 1. The van der Waals surface area contributed by atoms with Gasteiger partial charge in [0.25, 0.3) is 0 Å². The van der Waals surface area contributed by atoms with Crippen LogP contribution in [-0.2, 0) is 9.59 Å². The van der Waals surface area contributed by atoms with Crippen LogP contribution in [0.5, 0.6) is 0 Å². The van der Waals surface area contributed by atoms with Crippen LogP contribution in [0, 0.1) is 11.3 Å². The first-order valence-electron chi connectivity index (χ1n) is 5.19. The van der Waals surface area contributed by atoms with Gasteiger partial charge in [-0.2, -0.15) is 0 Å². The molecule has 0 aromatic rings. The maximum Gasteiger partial charge on any atom is 0.309 e. The summed E-state index contributed by atoms with van der Waals surface area (Å²) in [4.78, 5) is 22.5. The summed E-state index contributed by atoms with van der Waals surface area (Å²) in [5.41, 5.74) is -0.903. The van der Waals surface area contributed by atoms with E-state index in [1.165, 1.54) is 0 Å². The molecule has 0 heterocycles. The number of rotatable bonds is 4. The van der Waals surface area contributed by atoms with E-state index in [-0.39, 0.29) is 18.1 Å². The van der Waals surface area contributed by atoms with Crippen molar-refractivity contribution in [1.82, 2.24) is 0 Å². The number of carbonyl (C=O) groups is 2. The highest BCUT2D eigenvalue weighted by Gasteiger charge is 2.33. The number of Topliss-reactive ketones (excluding diaryl/α,β-unsaturated/α-hetero) is 1. The Bertz CT molecular complexity index is 237. The van der Waals surface area contributed by atoms with Crippen LogP contribution in [0.3, 0.4) is 0 Å². The van der Waals surface area contributed by atoms with Crippen molar-refractivity contribution in [2.24, 2.45) is 11.3 Å². The predicted molar refractivity (Wildman–Crippen MR) is 53.0 cm³/mol. The summed E-state index contributed by atoms with van der Waals surface area (Å²) in [6.45, 7) is 3.23. The van der Waals surface area contributed by atoms with E-state index in [0.717, 1.165) is 25.7 Å². The van der Waals surface area contributed by atoms with Gasteiger partial charge in [0, 0.05) is 12.3 Å². The number of hydrogen-bond acceptors (Lipinski definition) is 2. The molecule has 1 aliphatic carbocycles. The first-order valence-corrected chi connectivity index (χ1v) is 5.19. The Kier molecular flexibility index (Phi) is 3.29. The molecule has 1 aliphatic rings. The van der Waals surface area contributed by atoms with E-state index in [1.54, 1.807) is 13.8 Å². The van der Waals surface area contributed by atoms with Crippen molar-refractivity contribution < 1.29 is 14.7 Å². The zero-order valence-corrected chi connectivity index (χ0v) is 8.88. The summed E-state index contributed by atoms with van der Waals surface area (Å²) in [5.74, 6) is -0.618. The first-order chi connectivity index (χ1) is 6.43. The average Bonchev–Trinajstić information content (AvgIpc) is 2.54. The molecule has 0 radical (unpaired) electrons. The lowest BCUT2D eigenvalue weighted by atomic mass is 9.83. The van der Waals surface area contributed by atoms with E-state index in [1.807, 2.05) is 0 Å². The van der Waals surface area contributed by atoms with Gasteiger partial charge in [0.2, 0.25) is 0 Å². The Balaban J connectivity index is 2.51. The molecule has 0 amide bonds. The molecule has 0 saturated heterocycles. The van der Waals surface area contributed by atoms with Gasteiger partial charge in [0.05, 0.1) is 5.41 Å². The molecule has 0 aromatic heterocycles. The number of carbonyl (C=O) groups excluding carboxylic acids is 1. The Morgan fingerprint density at radius 1 is 1.29 bits per heavy atom. The van der Waals surface area contributed by atoms with Crippen molar-refractivity contribution in [3.8, 4) is 0 Å². The third-order valence-corrected chi connectivity index (χ3v) is 3.01. The van der Waals surface area contributed by atoms with Crippen LogP contribution in [-0.4, -0.2) is 16.9 Å². The second-order valence-electron chi connectivity index (χ2n) is 4.81. The minimum absolute atomic E-state index is 0.133. The van der Waals surface area contributed by atoms with E-state index in [4.69, 9.17) is 5.11 Å². The SMILES string of the molecule is CC(C)(CC(=O)C1CCCC1)C(=O)O. The largest absolute Gasteiger partial charge is 0.481 e. The molecular weight excluding hydrogens is 180 g/mol. The minimum Gasteiger partial charge on any atom is -0.481 e. The van der Waals surface area contributed by atoms with Crippen LogP contribution in [0.4, 0.5) is 0 Å². The molecule has 80 valence electrons. The lowest BCUT2D eigenvalue weighted by Crippen LogP contribution is -2.29. The van der Waals surface area contributed by atoms with Crippen molar-refractivity contribution in [3.05, 3.63) is 0 Å². The Morgan fingerprint density at radius 3 is 2.21 bits per heavy atom. The fourth-order valence-electron chi connectivity index (χ4n) is 1.90. The maximum atomic E-state index is 11.7. The molecule has 0 bridgehead atoms. The smallest absolute Gasteiger partial charge is 0.309 e. The van der Waals surface area contributed by atoms with E-state index < -0.39 is 11.4 Å². The van der Waals surface area contributed by atoms with Gasteiger partial charge in [-0.05, 0) is 26.7 Å². The van der Waals surface area contributed by atoms with Crippen LogP contribution >= 0.6 is 0 Å². The summed E-state index contributed by atoms with van der Waals surface area (Å²) in [6.07, 6.45) is 4.31. The van der Waals surface area contributed by atoms with Gasteiger partial charge < -0.3 is 5.11 Å². The van der Waals surface area contributed by atoms with Gasteiger partial charge in [0.1, 0.15) is 5.78 Å². The van der Waals surface area contributed by atoms with Crippen LogP contribution in [0.15, 0.2) is 0 Å². The Hall–Kier alpha value is -0.860. The van der Waals surface area contributed by atoms with Crippen molar-refractivity contribution in [3.63, 3.8) is 0 Å². The van der Waals surface area contributed by atoms with Crippen molar-refractivity contribution in [2.45, 2.75) is 46.0 Å². The molecule has 3 nitrogen and oxygen atoms in total. The van der Waals surface area contributed by atoms with Gasteiger partial charge in [-0.25, -0.2) is 0 Å². The van der Waals surface area contributed by atoms with E-state index in [2.05, 4.69) is 0 Å². The first kappa shape index (κ1) is 11.2. The molecule has 1 fully saturated rings. The number of aliphatic carboxylic acids is 1. The molecule has 1 N–H and O–H groups in total. The predicted octanol–water partition coefficient (Wildman–Crippen LogP) is 2.25. The van der Waals surface area contributed by atoms with Crippen LogP contribution in [0.25, 0.3) is 0 Å². The van der Waals surface area contributed by atoms with Crippen LogP contribution in [0.2, 0.25) is 0 Å². The lowest BCUT2D eigenvalue weighted by Gasteiger charge is -2.19. The molecule has 1 saturated carbocycles. The molecule has 1 rings (SSSR count). The van der Waals surface area contributed by atoms with E-state index in [9.17, 15) is 9.59 Å². The molecule has 0 aliphatic heterocycles. The standard InChI is InChI=1S/C11H18O3/c1-11(2,10(13)14)7-9(12)8-5-3-4-6-8/h8H,3-7H2,1-2H3,(H,13,14). The molecular formula is C11H18O3. The van der Waals surface area contributed by atoms with Crippen molar-refractivity contribution in [1.29, 1.82) is 0 Å². The molecule has 3 heteroatoms. The summed E-state index contributed by atoms with van der Waals surface area (Å²) >= 11 is 0. The molecule has 14 heavy (non-hydrogen) atoms. The topological polar surface area (TPSA) is 54.4 Å². The zero-order valence-electron chi connectivity index (χ0n) is 8.88. The normalized spacial score (nSPS) is 18.4. The van der Waals surface area contributed by atoms with Crippen molar-refractivity contribution in [2.75, 3.05) is 0 Å². The highest BCUT2D eigenvalue weighted by molar-refractivity contribution is 5.87. The Morgan fingerprint density at radius 2 is 1.79 bits per heavy atom. The molecule has 0 unspecified atom stereocenters. The monoisotopic (exact) mass is 198 g/mol. The fraction of sp³-hybridized carbons (Fsp3) is 0.818. The second-order valence-corrected chi connectivity index (χ2v) is 4.81. The molecule has 0 aromatic carbocycles. The van der Waals surface area contributed by atoms with Crippen LogP contribution < -0.4 is 0 Å². The lowest BCUT2D eigenvalue weighted by molar-refractivity contribution is -0.149. The zero-order chi connectivity index (χ0) is 10.8. The number of ketones is 1. The Labute approximate surface area is 84.5 Å². The second kappa shape index (κ2) is 4.11. The highest BCUT2D eigenvalue weighted by atomic mass is 16.4. The van der Waals surface area contributed by atoms with E-state index >= 15 is 0 Å².